The fraction of sp³-hybridized carbons (Fsp3) is 0.556. The first-order valence-corrected chi connectivity index (χ1v) is 4.69. The maximum atomic E-state index is 11.2. The summed E-state index contributed by atoms with van der Waals surface area (Å²) in [7, 11) is 0. The number of hydrogen-bond donors (Lipinski definition) is 2. The highest BCUT2D eigenvalue weighted by atomic mass is 16.4. The lowest BCUT2D eigenvalue weighted by molar-refractivity contribution is 0.251. The van der Waals surface area contributed by atoms with E-state index in [9.17, 15) is 4.79 Å². The number of oxazole rings is 1. The molecule has 0 aliphatic heterocycles. The third-order valence-corrected chi connectivity index (χ3v) is 1.66. The predicted octanol–water partition coefficient (Wildman–Crippen LogP) is 1.90. The van der Waals surface area contributed by atoms with Gasteiger partial charge in [0.1, 0.15) is 6.26 Å². The van der Waals surface area contributed by atoms with E-state index in [1.807, 2.05) is 0 Å². The first kappa shape index (κ1) is 10.6. The van der Waals surface area contributed by atoms with Crippen LogP contribution in [0.1, 0.15) is 25.5 Å². The number of nitrogens with zero attached hydrogens (tertiary/aromatic N) is 1. The molecule has 0 bridgehead atoms. The van der Waals surface area contributed by atoms with Crippen molar-refractivity contribution >= 4 is 12.0 Å². The van der Waals surface area contributed by atoms with Crippen LogP contribution in [0.15, 0.2) is 10.7 Å². The van der Waals surface area contributed by atoms with Crippen molar-refractivity contribution < 1.29 is 9.21 Å². The van der Waals surface area contributed by atoms with Crippen molar-refractivity contribution in [1.29, 1.82) is 0 Å². The Morgan fingerprint density at radius 3 is 3.00 bits per heavy atom. The standard InChI is InChI=1S/C9H15N3O2/c1-3-4-5-10-8(13)12-9-11-7(2)6-14-9/h6H,3-5H2,1-2H3,(H2,10,11,12,13). The summed E-state index contributed by atoms with van der Waals surface area (Å²) in [5.41, 5.74) is 0.744. The zero-order valence-electron chi connectivity index (χ0n) is 8.46. The van der Waals surface area contributed by atoms with Gasteiger partial charge in [0.25, 0.3) is 0 Å². The normalized spacial score (nSPS) is 9.86. The number of urea groups is 1. The molecule has 0 spiro atoms. The van der Waals surface area contributed by atoms with E-state index in [1.165, 1.54) is 6.26 Å². The second-order valence-electron chi connectivity index (χ2n) is 3.03. The summed E-state index contributed by atoms with van der Waals surface area (Å²) < 4.78 is 4.96. The van der Waals surface area contributed by atoms with Gasteiger partial charge in [0.2, 0.25) is 0 Å². The Hall–Kier alpha value is -1.52. The van der Waals surface area contributed by atoms with E-state index in [1.54, 1.807) is 6.92 Å². The largest absolute Gasteiger partial charge is 0.432 e. The zero-order chi connectivity index (χ0) is 10.4. The molecule has 0 aliphatic rings. The summed E-state index contributed by atoms with van der Waals surface area (Å²) in [6, 6.07) is -0.0446. The van der Waals surface area contributed by atoms with Crippen LogP contribution in [-0.4, -0.2) is 17.6 Å². The van der Waals surface area contributed by atoms with Gasteiger partial charge in [-0.15, -0.1) is 0 Å². The van der Waals surface area contributed by atoms with Gasteiger partial charge in [0.05, 0.1) is 5.69 Å². The fourth-order valence-electron chi connectivity index (χ4n) is 0.931. The first-order chi connectivity index (χ1) is 6.72. The van der Waals surface area contributed by atoms with Crippen molar-refractivity contribution in [2.75, 3.05) is 11.9 Å². The molecular formula is C9H15N3O2. The van der Waals surface area contributed by atoms with E-state index in [-0.39, 0.29) is 12.0 Å². The van der Waals surface area contributed by atoms with E-state index in [0.29, 0.717) is 6.54 Å². The average Bonchev–Trinajstić information content (AvgIpc) is 2.52. The molecule has 14 heavy (non-hydrogen) atoms. The Morgan fingerprint density at radius 1 is 1.64 bits per heavy atom. The summed E-state index contributed by atoms with van der Waals surface area (Å²) in [6.45, 7) is 4.53. The Balaban J connectivity index is 2.27. The number of unbranched alkanes of at least 4 members (excludes halogenated alkanes) is 1. The van der Waals surface area contributed by atoms with Crippen LogP contribution < -0.4 is 10.6 Å². The van der Waals surface area contributed by atoms with Crippen LogP contribution in [0.5, 0.6) is 0 Å². The van der Waals surface area contributed by atoms with Crippen molar-refractivity contribution in [3.63, 3.8) is 0 Å². The molecule has 0 aromatic carbocycles. The van der Waals surface area contributed by atoms with Crippen molar-refractivity contribution in [3.8, 4) is 0 Å². The van der Waals surface area contributed by atoms with Crippen molar-refractivity contribution in [3.05, 3.63) is 12.0 Å². The zero-order valence-corrected chi connectivity index (χ0v) is 8.46. The lowest BCUT2D eigenvalue weighted by Crippen LogP contribution is -2.29. The molecule has 1 heterocycles. The molecule has 1 rings (SSSR count). The van der Waals surface area contributed by atoms with Crippen LogP contribution in [0, 0.1) is 6.92 Å². The average molecular weight is 197 g/mol. The van der Waals surface area contributed by atoms with Crippen LogP contribution in [0.3, 0.4) is 0 Å². The highest BCUT2D eigenvalue weighted by molar-refractivity contribution is 5.86. The quantitative estimate of drug-likeness (QED) is 0.724. The van der Waals surface area contributed by atoms with Crippen LogP contribution in [0.25, 0.3) is 0 Å². The van der Waals surface area contributed by atoms with Gasteiger partial charge < -0.3 is 9.73 Å². The topological polar surface area (TPSA) is 67.2 Å². The van der Waals surface area contributed by atoms with Crippen molar-refractivity contribution in [2.24, 2.45) is 0 Å². The van der Waals surface area contributed by atoms with Crippen LogP contribution in [0.4, 0.5) is 10.8 Å². The van der Waals surface area contributed by atoms with Gasteiger partial charge >= 0.3 is 12.0 Å². The summed E-state index contributed by atoms with van der Waals surface area (Å²) >= 11 is 0. The Bertz CT molecular complexity index is 296. The minimum Gasteiger partial charge on any atom is -0.432 e. The van der Waals surface area contributed by atoms with E-state index < -0.39 is 0 Å². The van der Waals surface area contributed by atoms with E-state index in [0.717, 1.165) is 18.5 Å². The number of carbonyl (C=O) groups excluding carboxylic acids is 1. The van der Waals surface area contributed by atoms with E-state index >= 15 is 0 Å². The summed E-state index contributed by atoms with van der Waals surface area (Å²) in [5, 5.41) is 5.19. The summed E-state index contributed by atoms with van der Waals surface area (Å²) in [4.78, 5) is 15.1. The molecule has 0 saturated carbocycles. The molecule has 0 unspecified atom stereocenters. The molecule has 2 amide bonds. The molecule has 5 heteroatoms. The van der Waals surface area contributed by atoms with Crippen LogP contribution in [0.2, 0.25) is 0 Å². The van der Waals surface area contributed by atoms with Crippen LogP contribution in [-0.2, 0) is 0 Å². The van der Waals surface area contributed by atoms with Gasteiger partial charge in [-0.25, -0.2) is 4.79 Å². The molecule has 0 radical (unpaired) electrons. The Labute approximate surface area is 82.9 Å². The smallest absolute Gasteiger partial charge is 0.322 e. The lowest BCUT2D eigenvalue weighted by Gasteiger charge is -2.02. The number of rotatable bonds is 4. The van der Waals surface area contributed by atoms with Gasteiger partial charge in [-0.3, -0.25) is 5.32 Å². The van der Waals surface area contributed by atoms with E-state index in [4.69, 9.17) is 4.42 Å². The number of carbonyl (C=O) groups is 1. The van der Waals surface area contributed by atoms with E-state index in [2.05, 4.69) is 22.5 Å². The molecule has 0 atom stereocenters. The highest BCUT2D eigenvalue weighted by Crippen LogP contribution is 2.05. The van der Waals surface area contributed by atoms with Gasteiger partial charge in [0.15, 0.2) is 0 Å². The maximum Gasteiger partial charge on any atom is 0.322 e. The van der Waals surface area contributed by atoms with Gasteiger partial charge in [0, 0.05) is 6.54 Å². The molecule has 0 saturated heterocycles. The van der Waals surface area contributed by atoms with Gasteiger partial charge in [-0.05, 0) is 13.3 Å². The second kappa shape index (κ2) is 5.26. The Morgan fingerprint density at radius 2 is 2.43 bits per heavy atom. The maximum absolute atomic E-state index is 11.2. The number of nitrogens with one attached hydrogen (secondary N) is 2. The van der Waals surface area contributed by atoms with Gasteiger partial charge in [-0.2, -0.15) is 4.98 Å². The third-order valence-electron chi connectivity index (χ3n) is 1.66. The van der Waals surface area contributed by atoms with Gasteiger partial charge in [-0.1, -0.05) is 13.3 Å². The molecule has 1 aromatic rings. The second-order valence-corrected chi connectivity index (χ2v) is 3.03. The molecule has 5 nitrogen and oxygen atoms in total. The minimum atomic E-state index is -0.277. The molecule has 78 valence electrons. The number of amides is 2. The summed E-state index contributed by atoms with van der Waals surface area (Å²) in [5.74, 6) is 0. The molecule has 0 fully saturated rings. The molecular weight excluding hydrogens is 182 g/mol. The third kappa shape index (κ3) is 3.47. The first-order valence-electron chi connectivity index (χ1n) is 4.69. The number of aryl methyl sites for hydroxylation is 1. The molecule has 2 N–H and O–H groups in total. The SMILES string of the molecule is CCCCNC(=O)Nc1nc(C)co1. The fourth-order valence-corrected chi connectivity index (χ4v) is 0.931. The minimum absolute atomic E-state index is 0.233. The monoisotopic (exact) mass is 197 g/mol. The van der Waals surface area contributed by atoms with Crippen LogP contribution >= 0.6 is 0 Å². The molecule has 0 aliphatic carbocycles. The highest BCUT2D eigenvalue weighted by Gasteiger charge is 2.04. The number of hydrogen-bond acceptors (Lipinski definition) is 3. The number of aromatic nitrogens is 1. The van der Waals surface area contributed by atoms with Crippen molar-refractivity contribution in [1.82, 2.24) is 10.3 Å². The molecule has 1 aromatic heterocycles. The Kier molecular flexibility index (Phi) is 3.97. The summed E-state index contributed by atoms with van der Waals surface area (Å²) in [6.07, 6.45) is 3.51. The predicted molar refractivity (Wildman–Crippen MR) is 53.2 cm³/mol. The number of anilines is 1. The lowest BCUT2D eigenvalue weighted by atomic mass is 10.3. The van der Waals surface area contributed by atoms with Crippen molar-refractivity contribution in [2.45, 2.75) is 26.7 Å².